The largest absolute Gasteiger partial charge is 0.364 e. The predicted octanol–water partition coefficient (Wildman–Crippen LogP) is 4.19. The minimum Gasteiger partial charge on any atom is -0.364 e. The van der Waals surface area contributed by atoms with Gasteiger partial charge in [0.1, 0.15) is 5.82 Å². The fraction of sp³-hybridized carbons (Fsp3) is 0.455. The summed E-state index contributed by atoms with van der Waals surface area (Å²) in [7, 11) is 0. The van der Waals surface area contributed by atoms with Gasteiger partial charge in [-0.25, -0.2) is 4.39 Å². The Kier molecular flexibility index (Phi) is 4.21. The number of rotatable bonds is 2. The number of nitrogens with zero attached hydrogens (tertiary/aromatic N) is 3. The Bertz CT molecular complexity index is 881. The Morgan fingerprint density at radius 3 is 2.81 bits per heavy atom. The molecule has 0 saturated carbocycles. The number of amides is 1. The second-order valence-electron chi connectivity index (χ2n) is 8.53. The third kappa shape index (κ3) is 2.99. The maximum Gasteiger partial charge on any atom is 0.256 e. The van der Waals surface area contributed by atoms with Crippen LogP contribution in [0.15, 0.2) is 42.7 Å². The number of likely N-dealkylation sites (tertiary alicyclic amines) is 1. The lowest BCUT2D eigenvalue weighted by atomic mass is 9.87. The number of pyridine rings is 1. The molecule has 5 heteroatoms. The zero-order chi connectivity index (χ0) is 19.2. The van der Waals surface area contributed by atoms with E-state index in [1.807, 2.05) is 19.1 Å². The van der Waals surface area contributed by atoms with Crippen LogP contribution in [-0.4, -0.2) is 40.0 Å². The average Bonchev–Trinajstić information content (AvgIpc) is 3.14. The minimum atomic E-state index is -0.227. The Hall–Kier alpha value is -2.43. The summed E-state index contributed by atoms with van der Waals surface area (Å²) in [4.78, 5) is 21.8. The van der Waals surface area contributed by atoms with Crippen LogP contribution in [0.3, 0.4) is 0 Å². The van der Waals surface area contributed by atoms with Gasteiger partial charge in [0.15, 0.2) is 0 Å². The van der Waals surface area contributed by atoms with E-state index in [0.29, 0.717) is 5.56 Å². The molecule has 1 aromatic heterocycles. The summed E-state index contributed by atoms with van der Waals surface area (Å²) in [6.07, 6.45) is 6.25. The van der Waals surface area contributed by atoms with Crippen molar-refractivity contribution in [3.8, 4) is 0 Å². The lowest BCUT2D eigenvalue weighted by Crippen LogP contribution is -2.49. The molecule has 0 N–H and O–H groups in total. The van der Waals surface area contributed by atoms with E-state index in [1.165, 1.54) is 6.07 Å². The van der Waals surface area contributed by atoms with Gasteiger partial charge in [0.25, 0.3) is 5.91 Å². The minimum absolute atomic E-state index is 0.0648. The zero-order valence-electron chi connectivity index (χ0n) is 16.2. The predicted molar refractivity (Wildman–Crippen MR) is 104 cm³/mol. The highest BCUT2D eigenvalue weighted by Gasteiger charge is 2.55. The second kappa shape index (κ2) is 6.32. The van der Waals surface area contributed by atoms with Crippen molar-refractivity contribution in [2.75, 3.05) is 18.0 Å². The van der Waals surface area contributed by atoms with Gasteiger partial charge in [0, 0.05) is 36.7 Å². The lowest BCUT2D eigenvalue weighted by molar-refractivity contribution is 0.0616. The fourth-order valence-electron chi connectivity index (χ4n) is 4.99. The van der Waals surface area contributed by atoms with Gasteiger partial charge < -0.3 is 9.80 Å². The summed E-state index contributed by atoms with van der Waals surface area (Å²) in [5, 5.41) is 0. The number of carbonyl (C=O) groups excluding carboxylic acids is 1. The molecule has 0 radical (unpaired) electrons. The molecule has 2 aromatic rings. The molecule has 0 aliphatic carbocycles. The maximum atomic E-state index is 13.8. The van der Waals surface area contributed by atoms with Crippen molar-refractivity contribution in [1.29, 1.82) is 0 Å². The Labute approximate surface area is 160 Å². The normalized spacial score (nSPS) is 24.0. The summed E-state index contributed by atoms with van der Waals surface area (Å²) < 4.78 is 13.8. The van der Waals surface area contributed by atoms with Crippen LogP contribution >= 0.6 is 0 Å². The molecule has 1 aromatic carbocycles. The molecule has 2 fully saturated rings. The maximum absolute atomic E-state index is 13.8. The third-order valence-corrected chi connectivity index (χ3v) is 6.18. The topological polar surface area (TPSA) is 36.4 Å². The van der Waals surface area contributed by atoms with E-state index >= 15 is 0 Å². The number of aryl methyl sites for hydroxylation is 1. The Balaban J connectivity index is 1.68. The summed E-state index contributed by atoms with van der Waals surface area (Å²) in [6, 6.07) is 8.65. The Morgan fingerprint density at radius 2 is 2.07 bits per heavy atom. The molecular formula is C22H26FN3O. The number of aromatic nitrogens is 1. The van der Waals surface area contributed by atoms with Crippen LogP contribution in [0.4, 0.5) is 10.1 Å². The van der Waals surface area contributed by atoms with Crippen molar-refractivity contribution in [2.45, 2.75) is 51.1 Å². The number of anilines is 1. The van der Waals surface area contributed by atoms with E-state index in [9.17, 15) is 9.18 Å². The summed E-state index contributed by atoms with van der Waals surface area (Å²) in [6.45, 7) is 7.82. The van der Waals surface area contributed by atoms with Crippen LogP contribution in [0, 0.1) is 12.7 Å². The van der Waals surface area contributed by atoms with Crippen molar-refractivity contribution in [3.63, 3.8) is 0 Å². The molecule has 4 rings (SSSR count). The highest BCUT2D eigenvalue weighted by molar-refractivity contribution is 5.96. The van der Waals surface area contributed by atoms with E-state index in [0.717, 1.165) is 43.6 Å². The van der Waals surface area contributed by atoms with E-state index < -0.39 is 0 Å². The first-order valence-corrected chi connectivity index (χ1v) is 9.58. The molecule has 2 saturated heterocycles. The monoisotopic (exact) mass is 367 g/mol. The zero-order valence-corrected chi connectivity index (χ0v) is 16.2. The molecule has 27 heavy (non-hydrogen) atoms. The van der Waals surface area contributed by atoms with Gasteiger partial charge in [-0.1, -0.05) is 6.07 Å². The molecule has 4 nitrogen and oxygen atoms in total. The number of benzene rings is 1. The Morgan fingerprint density at radius 1 is 1.26 bits per heavy atom. The van der Waals surface area contributed by atoms with Gasteiger partial charge in [-0.3, -0.25) is 9.78 Å². The molecule has 1 atom stereocenters. The van der Waals surface area contributed by atoms with Gasteiger partial charge >= 0.3 is 0 Å². The first-order chi connectivity index (χ1) is 12.8. The molecule has 1 spiro atoms. The quantitative estimate of drug-likeness (QED) is 0.798. The van der Waals surface area contributed by atoms with Gasteiger partial charge in [0.2, 0.25) is 0 Å². The van der Waals surface area contributed by atoms with Crippen molar-refractivity contribution < 1.29 is 9.18 Å². The van der Waals surface area contributed by atoms with Crippen LogP contribution in [0.5, 0.6) is 0 Å². The third-order valence-electron chi connectivity index (χ3n) is 6.18. The summed E-state index contributed by atoms with van der Waals surface area (Å²) >= 11 is 0. The van der Waals surface area contributed by atoms with Crippen LogP contribution in [0.25, 0.3) is 0 Å². The highest BCUT2D eigenvalue weighted by Crippen LogP contribution is 2.47. The molecule has 1 unspecified atom stereocenters. The number of carbonyl (C=O) groups is 1. The highest BCUT2D eigenvalue weighted by atomic mass is 19.1. The van der Waals surface area contributed by atoms with Crippen molar-refractivity contribution >= 4 is 11.6 Å². The van der Waals surface area contributed by atoms with Crippen molar-refractivity contribution in [2.24, 2.45) is 0 Å². The molecule has 1 amide bonds. The molecule has 2 aliphatic rings. The van der Waals surface area contributed by atoms with Crippen LogP contribution < -0.4 is 4.90 Å². The van der Waals surface area contributed by atoms with Gasteiger partial charge in [-0.15, -0.1) is 0 Å². The van der Waals surface area contributed by atoms with Gasteiger partial charge in [-0.2, -0.15) is 0 Å². The summed E-state index contributed by atoms with van der Waals surface area (Å²) in [5.41, 5.74) is 2.15. The van der Waals surface area contributed by atoms with Crippen LogP contribution in [-0.2, 0) is 0 Å². The van der Waals surface area contributed by atoms with Crippen LogP contribution in [0.1, 0.15) is 49.0 Å². The molecule has 3 heterocycles. The molecule has 2 aliphatic heterocycles. The molecule has 0 bridgehead atoms. The SMILES string of the molecule is Cc1ccncc1C(=O)N1CCCC12CN(c1cccc(F)c1)C(C)(C)C2. The van der Waals surface area contributed by atoms with Crippen LogP contribution in [0.2, 0.25) is 0 Å². The van der Waals surface area contributed by atoms with E-state index in [1.54, 1.807) is 24.5 Å². The number of halogens is 1. The number of hydrogen-bond donors (Lipinski definition) is 0. The van der Waals surface area contributed by atoms with E-state index in [2.05, 4.69) is 28.6 Å². The van der Waals surface area contributed by atoms with Crippen molar-refractivity contribution in [1.82, 2.24) is 9.88 Å². The molecule has 142 valence electrons. The average molecular weight is 367 g/mol. The number of hydrogen-bond acceptors (Lipinski definition) is 3. The first kappa shape index (κ1) is 18.0. The van der Waals surface area contributed by atoms with Gasteiger partial charge in [0.05, 0.1) is 11.1 Å². The van der Waals surface area contributed by atoms with E-state index in [4.69, 9.17) is 0 Å². The smallest absolute Gasteiger partial charge is 0.256 e. The molecular weight excluding hydrogens is 341 g/mol. The second-order valence-corrected chi connectivity index (χ2v) is 8.53. The lowest BCUT2D eigenvalue weighted by Gasteiger charge is -2.35. The standard InChI is InChI=1S/C22H26FN3O/c1-16-8-10-24-13-19(16)20(27)25-11-5-9-22(25)14-21(2,3)26(15-22)18-7-4-6-17(23)12-18/h4,6-8,10,12-13H,5,9,11,14-15H2,1-3H3. The van der Waals surface area contributed by atoms with E-state index in [-0.39, 0.29) is 22.8 Å². The fourth-order valence-corrected chi connectivity index (χ4v) is 4.99. The summed E-state index contributed by atoms with van der Waals surface area (Å²) in [5.74, 6) is -0.162. The first-order valence-electron chi connectivity index (χ1n) is 9.58. The van der Waals surface area contributed by atoms with Crippen molar-refractivity contribution in [3.05, 3.63) is 59.7 Å². The van der Waals surface area contributed by atoms with Gasteiger partial charge in [-0.05, 0) is 69.9 Å².